The topological polar surface area (TPSA) is 100 Å². The standard InChI is InChI=1S/C29H42N4O5S.ClH/c1-37-21-20-33(29(34)30-24-6-4-3-5-7-24)26-16-18-32(19-17-26)22-23-8-12-27(13-9-23)38-28-14-10-25(11-15-28)31-39(2,35)36;/h8-15,24,26,31H,3-7,16-22H2,1-2H3,(H,30,34);1H. The minimum Gasteiger partial charge on any atom is -0.457 e. The van der Waals surface area contributed by atoms with Crippen molar-refractivity contribution in [2.45, 2.75) is 63.6 Å². The predicted molar refractivity (Wildman–Crippen MR) is 161 cm³/mol. The van der Waals surface area contributed by atoms with Crippen LogP contribution in [0, 0.1) is 0 Å². The number of urea groups is 1. The average Bonchev–Trinajstić information content (AvgIpc) is 2.92. The van der Waals surface area contributed by atoms with Crippen LogP contribution in [0.5, 0.6) is 11.5 Å². The van der Waals surface area contributed by atoms with Gasteiger partial charge in [-0.05, 0) is 67.6 Å². The first-order valence-corrected chi connectivity index (χ1v) is 15.8. The Hall–Kier alpha value is -2.53. The summed E-state index contributed by atoms with van der Waals surface area (Å²) in [6, 6.07) is 15.5. The molecule has 11 heteroatoms. The Morgan fingerprint density at radius 3 is 2.12 bits per heavy atom. The van der Waals surface area contributed by atoms with Crippen LogP contribution in [-0.2, 0) is 21.3 Å². The summed E-state index contributed by atoms with van der Waals surface area (Å²) in [5.41, 5.74) is 1.70. The fraction of sp³-hybridized carbons (Fsp3) is 0.552. The first-order chi connectivity index (χ1) is 18.8. The van der Waals surface area contributed by atoms with E-state index in [2.05, 4.69) is 27.1 Å². The smallest absolute Gasteiger partial charge is 0.317 e. The summed E-state index contributed by atoms with van der Waals surface area (Å²) in [6.45, 7) is 3.91. The van der Waals surface area contributed by atoms with Gasteiger partial charge in [0.1, 0.15) is 11.5 Å². The van der Waals surface area contributed by atoms with Gasteiger partial charge in [0.25, 0.3) is 0 Å². The summed E-state index contributed by atoms with van der Waals surface area (Å²) in [5.74, 6) is 1.36. The van der Waals surface area contributed by atoms with Crippen LogP contribution in [-0.4, -0.2) is 75.9 Å². The van der Waals surface area contributed by atoms with E-state index in [0.717, 1.165) is 57.3 Å². The SMILES string of the molecule is COCCN(C(=O)NC1CCCCC1)C1CCN(Cc2ccc(Oc3ccc(NS(C)(=O)=O)cc3)cc2)CC1.Cl. The second kappa shape index (κ2) is 15.5. The molecule has 2 amide bonds. The van der Waals surface area contributed by atoms with E-state index < -0.39 is 10.0 Å². The molecule has 9 nitrogen and oxygen atoms in total. The molecule has 1 saturated carbocycles. The van der Waals surface area contributed by atoms with Gasteiger partial charge in [-0.25, -0.2) is 13.2 Å². The van der Waals surface area contributed by atoms with Crippen LogP contribution in [0.2, 0.25) is 0 Å². The van der Waals surface area contributed by atoms with Gasteiger partial charge < -0.3 is 19.7 Å². The molecule has 222 valence electrons. The molecule has 0 aromatic heterocycles. The number of hydrogen-bond acceptors (Lipinski definition) is 6. The highest BCUT2D eigenvalue weighted by Gasteiger charge is 2.29. The number of benzene rings is 2. The van der Waals surface area contributed by atoms with E-state index in [1.165, 1.54) is 24.8 Å². The number of nitrogens with one attached hydrogen (secondary N) is 2. The number of carbonyl (C=O) groups is 1. The maximum absolute atomic E-state index is 13.1. The lowest BCUT2D eigenvalue weighted by Crippen LogP contribution is -2.53. The van der Waals surface area contributed by atoms with Crippen molar-refractivity contribution in [1.82, 2.24) is 15.1 Å². The minimum absolute atomic E-state index is 0. The number of anilines is 1. The molecule has 0 atom stereocenters. The average molecular weight is 595 g/mol. The Bertz CT molecular complexity index is 1150. The zero-order valence-corrected chi connectivity index (χ0v) is 25.1. The third-order valence-corrected chi connectivity index (χ3v) is 8.06. The Morgan fingerprint density at radius 2 is 1.55 bits per heavy atom. The zero-order valence-electron chi connectivity index (χ0n) is 23.5. The minimum atomic E-state index is -3.31. The molecule has 40 heavy (non-hydrogen) atoms. The molecule has 1 aliphatic carbocycles. The number of rotatable bonds is 11. The first-order valence-electron chi connectivity index (χ1n) is 13.9. The van der Waals surface area contributed by atoms with Gasteiger partial charge in [-0.2, -0.15) is 0 Å². The second-order valence-corrected chi connectivity index (χ2v) is 12.4. The fourth-order valence-electron chi connectivity index (χ4n) is 5.40. The van der Waals surface area contributed by atoms with Crippen LogP contribution in [0.15, 0.2) is 48.5 Å². The summed E-state index contributed by atoms with van der Waals surface area (Å²) >= 11 is 0. The molecule has 2 aromatic carbocycles. The number of carbonyl (C=O) groups excluding carboxylic acids is 1. The van der Waals surface area contributed by atoms with Gasteiger partial charge in [-0.3, -0.25) is 9.62 Å². The lowest BCUT2D eigenvalue weighted by Gasteiger charge is -2.39. The van der Waals surface area contributed by atoms with Crippen LogP contribution in [0.4, 0.5) is 10.5 Å². The van der Waals surface area contributed by atoms with E-state index in [-0.39, 0.29) is 24.5 Å². The lowest BCUT2D eigenvalue weighted by atomic mass is 9.95. The summed E-state index contributed by atoms with van der Waals surface area (Å²) in [6.07, 6.45) is 8.87. The summed E-state index contributed by atoms with van der Waals surface area (Å²) in [7, 11) is -1.62. The van der Waals surface area contributed by atoms with Crippen molar-refractivity contribution in [1.29, 1.82) is 0 Å². The Morgan fingerprint density at radius 1 is 0.950 bits per heavy atom. The van der Waals surface area contributed by atoms with Gasteiger partial charge in [0.05, 0.1) is 12.9 Å². The van der Waals surface area contributed by atoms with Crippen LogP contribution in [0.25, 0.3) is 0 Å². The first kappa shape index (κ1) is 32.0. The summed E-state index contributed by atoms with van der Waals surface area (Å²) in [4.78, 5) is 17.6. The number of amides is 2. The molecule has 2 fully saturated rings. The van der Waals surface area contributed by atoms with Crippen LogP contribution in [0.3, 0.4) is 0 Å². The summed E-state index contributed by atoms with van der Waals surface area (Å²) < 4.78 is 36.4. The van der Waals surface area contributed by atoms with Crippen molar-refractivity contribution in [2.75, 3.05) is 44.3 Å². The molecule has 2 aromatic rings. The van der Waals surface area contributed by atoms with Gasteiger partial charge in [0.2, 0.25) is 10.0 Å². The third kappa shape index (κ3) is 10.1. The van der Waals surface area contributed by atoms with Crippen LogP contribution in [0.1, 0.15) is 50.5 Å². The molecular formula is C29H43ClN4O5S. The molecule has 1 saturated heterocycles. The van der Waals surface area contributed by atoms with Crippen LogP contribution >= 0.6 is 12.4 Å². The molecule has 2 N–H and O–H groups in total. The number of piperidine rings is 1. The molecule has 0 bridgehead atoms. The number of sulfonamides is 1. The van der Waals surface area contributed by atoms with Crippen molar-refractivity contribution in [3.8, 4) is 11.5 Å². The van der Waals surface area contributed by atoms with Crippen molar-refractivity contribution in [2.24, 2.45) is 0 Å². The van der Waals surface area contributed by atoms with Crippen molar-refractivity contribution in [3.05, 3.63) is 54.1 Å². The van der Waals surface area contributed by atoms with Gasteiger partial charge in [0.15, 0.2) is 0 Å². The van der Waals surface area contributed by atoms with Crippen molar-refractivity contribution >= 4 is 34.1 Å². The van der Waals surface area contributed by atoms with Crippen LogP contribution < -0.4 is 14.8 Å². The Balaban J connectivity index is 0.00000441. The highest BCUT2D eigenvalue weighted by atomic mass is 35.5. The normalized spacial score (nSPS) is 17.1. The number of methoxy groups -OCH3 is 1. The van der Waals surface area contributed by atoms with E-state index in [1.54, 1.807) is 31.4 Å². The molecule has 1 aliphatic heterocycles. The predicted octanol–water partition coefficient (Wildman–Crippen LogP) is 5.23. The van der Waals surface area contributed by atoms with E-state index in [9.17, 15) is 13.2 Å². The van der Waals surface area contributed by atoms with E-state index >= 15 is 0 Å². The van der Waals surface area contributed by atoms with Gasteiger partial charge in [-0.1, -0.05) is 31.4 Å². The number of nitrogens with zero attached hydrogens (tertiary/aromatic N) is 2. The number of ether oxygens (including phenoxy) is 2. The highest BCUT2D eigenvalue weighted by Crippen LogP contribution is 2.25. The highest BCUT2D eigenvalue weighted by molar-refractivity contribution is 7.92. The molecular weight excluding hydrogens is 552 g/mol. The monoisotopic (exact) mass is 594 g/mol. The second-order valence-electron chi connectivity index (χ2n) is 10.6. The van der Waals surface area contributed by atoms with Gasteiger partial charge in [0, 0.05) is 51.1 Å². The van der Waals surface area contributed by atoms with E-state index in [0.29, 0.717) is 30.6 Å². The quantitative estimate of drug-likeness (QED) is 0.370. The zero-order chi connectivity index (χ0) is 27.7. The molecule has 4 rings (SSSR count). The largest absolute Gasteiger partial charge is 0.457 e. The van der Waals surface area contributed by atoms with Gasteiger partial charge >= 0.3 is 6.03 Å². The van der Waals surface area contributed by atoms with E-state index in [1.807, 2.05) is 17.0 Å². The molecule has 1 heterocycles. The maximum Gasteiger partial charge on any atom is 0.317 e. The van der Waals surface area contributed by atoms with Crippen molar-refractivity contribution < 1.29 is 22.7 Å². The molecule has 0 radical (unpaired) electrons. The van der Waals surface area contributed by atoms with E-state index in [4.69, 9.17) is 9.47 Å². The molecule has 0 spiro atoms. The number of hydrogen-bond donors (Lipinski definition) is 2. The van der Waals surface area contributed by atoms with Crippen molar-refractivity contribution in [3.63, 3.8) is 0 Å². The molecule has 0 unspecified atom stereocenters. The Labute approximate surface area is 245 Å². The Kier molecular flexibility index (Phi) is 12.4. The van der Waals surface area contributed by atoms with Gasteiger partial charge in [-0.15, -0.1) is 12.4 Å². The number of likely N-dealkylation sites (tertiary alicyclic amines) is 1. The summed E-state index contributed by atoms with van der Waals surface area (Å²) in [5, 5.41) is 3.29. The molecule has 2 aliphatic rings. The third-order valence-electron chi connectivity index (χ3n) is 7.45. The number of halogens is 1. The fourth-order valence-corrected chi connectivity index (χ4v) is 5.96. The lowest BCUT2D eigenvalue weighted by molar-refractivity contribution is 0.0910. The maximum atomic E-state index is 13.1.